The normalized spacial score (nSPS) is 16.1. The fourth-order valence-electron chi connectivity index (χ4n) is 3.46. The maximum atomic E-state index is 13.2. The first-order valence-electron chi connectivity index (χ1n) is 9.15. The van der Waals surface area contributed by atoms with Crippen LogP contribution in [0.1, 0.15) is 28.8 Å². The molecule has 0 atom stereocenters. The van der Waals surface area contributed by atoms with Gasteiger partial charge in [0, 0.05) is 18.7 Å². The van der Waals surface area contributed by atoms with E-state index < -0.39 is 17.6 Å². The molecule has 0 radical (unpaired) electrons. The predicted octanol–water partition coefficient (Wildman–Crippen LogP) is 3.89. The molecule has 0 aliphatic carbocycles. The molecule has 29 heavy (non-hydrogen) atoms. The summed E-state index contributed by atoms with van der Waals surface area (Å²) < 4.78 is 44.8. The lowest BCUT2D eigenvalue weighted by Crippen LogP contribution is -2.26. The highest BCUT2D eigenvalue weighted by molar-refractivity contribution is 6.07. The molecule has 0 saturated carbocycles. The fraction of sp³-hybridized carbons (Fsp3) is 0.300. The van der Waals surface area contributed by atoms with Gasteiger partial charge in [0.2, 0.25) is 0 Å². The first kappa shape index (κ1) is 19.1. The van der Waals surface area contributed by atoms with E-state index >= 15 is 0 Å². The fourth-order valence-corrected chi connectivity index (χ4v) is 3.46. The molecular weight excluding hydrogens is 387 g/mol. The van der Waals surface area contributed by atoms with Crippen molar-refractivity contribution in [3.8, 4) is 5.75 Å². The van der Waals surface area contributed by atoms with Crippen molar-refractivity contribution in [1.29, 1.82) is 0 Å². The van der Waals surface area contributed by atoms with Crippen LogP contribution in [0.25, 0.3) is 0 Å². The number of nitrogens with zero attached hydrogens (tertiary/aromatic N) is 1. The van der Waals surface area contributed by atoms with Crippen LogP contribution in [-0.2, 0) is 11.0 Å². The zero-order valence-corrected chi connectivity index (χ0v) is 15.3. The molecule has 9 heteroatoms. The number of carbonyl (C=O) groups excluding carboxylic acids is 2. The van der Waals surface area contributed by atoms with E-state index in [1.807, 2.05) is 4.90 Å². The Hall–Kier alpha value is -3.23. The number of nitrogens with one attached hydrogen (secondary N) is 2. The molecule has 4 rings (SSSR count). The number of ether oxygens (including phenoxy) is 1. The Balaban J connectivity index is 1.63. The molecular formula is C20H18F3N3O3. The highest BCUT2D eigenvalue weighted by Gasteiger charge is 2.32. The van der Waals surface area contributed by atoms with Gasteiger partial charge in [-0.15, -0.1) is 0 Å². The number of hydrogen-bond acceptors (Lipinski definition) is 4. The first-order chi connectivity index (χ1) is 13.8. The maximum Gasteiger partial charge on any atom is 0.416 e. The average Bonchev–Trinajstić information content (AvgIpc) is 3.21. The number of fused-ring (bicyclic) bond motifs is 1. The molecule has 2 aromatic rings. The molecule has 0 bridgehead atoms. The molecule has 2 aromatic carbocycles. The van der Waals surface area contributed by atoms with Crippen LogP contribution in [0.2, 0.25) is 0 Å². The monoisotopic (exact) mass is 405 g/mol. The summed E-state index contributed by atoms with van der Waals surface area (Å²) in [5, 5.41) is 5.23. The van der Waals surface area contributed by atoms with Crippen LogP contribution in [0.3, 0.4) is 0 Å². The van der Waals surface area contributed by atoms with Gasteiger partial charge in [-0.3, -0.25) is 9.59 Å². The summed E-state index contributed by atoms with van der Waals surface area (Å²) in [5.41, 5.74) is 0.496. The van der Waals surface area contributed by atoms with Crippen LogP contribution in [0.15, 0.2) is 36.4 Å². The van der Waals surface area contributed by atoms with Crippen LogP contribution < -0.4 is 20.3 Å². The molecule has 6 nitrogen and oxygen atoms in total. The molecule has 1 fully saturated rings. The summed E-state index contributed by atoms with van der Waals surface area (Å²) in [4.78, 5) is 26.0. The number of rotatable bonds is 3. The Labute approximate surface area is 164 Å². The van der Waals surface area contributed by atoms with Crippen molar-refractivity contribution >= 4 is 28.9 Å². The summed E-state index contributed by atoms with van der Waals surface area (Å²) in [6, 6.07) is 7.84. The quantitative estimate of drug-likeness (QED) is 0.813. The van der Waals surface area contributed by atoms with E-state index in [-0.39, 0.29) is 23.8 Å². The third kappa shape index (κ3) is 3.98. The lowest BCUT2D eigenvalue weighted by molar-refractivity contribution is -0.137. The summed E-state index contributed by atoms with van der Waals surface area (Å²) in [7, 11) is 0. The van der Waals surface area contributed by atoms with Crippen LogP contribution in [0, 0.1) is 0 Å². The van der Waals surface area contributed by atoms with Gasteiger partial charge in [-0.2, -0.15) is 13.2 Å². The van der Waals surface area contributed by atoms with Crippen LogP contribution in [0.4, 0.5) is 30.2 Å². The molecule has 2 aliphatic rings. The van der Waals surface area contributed by atoms with Crippen molar-refractivity contribution in [2.45, 2.75) is 19.0 Å². The van der Waals surface area contributed by atoms with E-state index in [9.17, 15) is 22.8 Å². The van der Waals surface area contributed by atoms with Crippen LogP contribution in [-0.4, -0.2) is 31.5 Å². The number of carbonyl (C=O) groups is 2. The Morgan fingerprint density at radius 3 is 2.59 bits per heavy atom. The number of anilines is 3. The summed E-state index contributed by atoms with van der Waals surface area (Å²) >= 11 is 0. The van der Waals surface area contributed by atoms with E-state index in [0.717, 1.165) is 38.1 Å². The second-order valence-electron chi connectivity index (χ2n) is 6.93. The summed E-state index contributed by atoms with van der Waals surface area (Å²) in [6.07, 6.45) is -2.62. The molecule has 2 heterocycles. The third-order valence-electron chi connectivity index (χ3n) is 4.90. The number of hydrogen-bond donors (Lipinski definition) is 2. The van der Waals surface area contributed by atoms with E-state index in [2.05, 4.69) is 10.6 Å². The van der Waals surface area contributed by atoms with Crippen molar-refractivity contribution < 1.29 is 27.5 Å². The van der Waals surface area contributed by atoms with E-state index in [1.165, 1.54) is 24.3 Å². The largest absolute Gasteiger partial charge is 0.482 e. The van der Waals surface area contributed by atoms with Crippen molar-refractivity contribution in [2.75, 3.05) is 35.2 Å². The molecule has 2 N–H and O–H groups in total. The number of alkyl halides is 3. The number of amides is 2. The highest BCUT2D eigenvalue weighted by Crippen LogP contribution is 2.37. The molecule has 152 valence electrons. The second-order valence-corrected chi connectivity index (χ2v) is 6.93. The van der Waals surface area contributed by atoms with Gasteiger partial charge in [-0.05, 0) is 49.2 Å². The van der Waals surface area contributed by atoms with Crippen LogP contribution >= 0.6 is 0 Å². The topological polar surface area (TPSA) is 70.7 Å². The summed E-state index contributed by atoms with van der Waals surface area (Å²) in [6.45, 7) is 1.28. The van der Waals surface area contributed by atoms with Gasteiger partial charge in [0.1, 0.15) is 5.75 Å². The SMILES string of the molecule is O=C1COc2cc(C(=O)Nc3cc(C(F)(F)F)ccc3N3CCCC3)ccc2N1. The Morgan fingerprint density at radius 2 is 1.86 bits per heavy atom. The maximum absolute atomic E-state index is 13.2. The minimum atomic E-state index is -4.51. The zero-order chi connectivity index (χ0) is 20.6. The number of benzene rings is 2. The van der Waals surface area contributed by atoms with Gasteiger partial charge < -0.3 is 20.3 Å². The summed E-state index contributed by atoms with van der Waals surface area (Å²) in [5.74, 6) is -0.525. The smallest absolute Gasteiger partial charge is 0.416 e. The minimum absolute atomic E-state index is 0.110. The molecule has 0 aromatic heterocycles. The molecule has 1 saturated heterocycles. The van der Waals surface area contributed by atoms with Crippen molar-refractivity contribution in [2.24, 2.45) is 0 Å². The molecule has 2 amide bonds. The van der Waals surface area contributed by atoms with Gasteiger partial charge in [0.05, 0.1) is 22.6 Å². The van der Waals surface area contributed by atoms with Gasteiger partial charge in [-0.1, -0.05) is 0 Å². The van der Waals surface area contributed by atoms with Crippen molar-refractivity contribution in [3.05, 3.63) is 47.5 Å². The Kier molecular flexibility index (Phi) is 4.81. The third-order valence-corrected chi connectivity index (χ3v) is 4.90. The van der Waals surface area contributed by atoms with Gasteiger partial charge >= 0.3 is 6.18 Å². The lowest BCUT2D eigenvalue weighted by atomic mass is 10.1. The van der Waals surface area contributed by atoms with Gasteiger partial charge in [0.25, 0.3) is 11.8 Å². The Bertz CT molecular complexity index is 969. The number of halogens is 3. The molecule has 2 aliphatic heterocycles. The zero-order valence-electron chi connectivity index (χ0n) is 15.3. The second kappa shape index (κ2) is 7.31. The van der Waals surface area contributed by atoms with Gasteiger partial charge in [-0.25, -0.2) is 0 Å². The molecule has 0 unspecified atom stereocenters. The average molecular weight is 405 g/mol. The Morgan fingerprint density at radius 1 is 1.10 bits per heavy atom. The van der Waals surface area contributed by atoms with Crippen molar-refractivity contribution in [1.82, 2.24) is 0 Å². The standard InChI is InChI=1S/C20H18F3N3O3/c21-20(22,23)13-4-6-16(26-7-1-2-8-26)15(10-13)25-19(28)12-3-5-14-17(9-12)29-11-18(27)24-14/h3-6,9-10H,1-2,7-8,11H2,(H,24,27)(H,25,28). The molecule has 0 spiro atoms. The predicted molar refractivity (Wildman–Crippen MR) is 101 cm³/mol. The van der Waals surface area contributed by atoms with E-state index in [4.69, 9.17) is 4.74 Å². The van der Waals surface area contributed by atoms with Gasteiger partial charge in [0.15, 0.2) is 6.61 Å². The van der Waals surface area contributed by atoms with E-state index in [0.29, 0.717) is 17.1 Å². The van der Waals surface area contributed by atoms with Crippen LogP contribution in [0.5, 0.6) is 5.75 Å². The minimum Gasteiger partial charge on any atom is -0.482 e. The highest BCUT2D eigenvalue weighted by atomic mass is 19.4. The van der Waals surface area contributed by atoms with Crippen molar-refractivity contribution in [3.63, 3.8) is 0 Å². The van der Waals surface area contributed by atoms with E-state index in [1.54, 1.807) is 0 Å². The first-order valence-corrected chi connectivity index (χ1v) is 9.15. The lowest BCUT2D eigenvalue weighted by Gasteiger charge is -2.23.